The molecule has 1 rings (SSSR count). The van der Waals surface area contributed by atoms with Crippen molar-refractivity contribution in [1.29, 1.82) is 0 Å². The van der Waals surface area contributed by atoms with Crippen molar-refractivity contribution in [3.8, 4) is 0 Å². The lowest BCUT2D eigenvalue weighted by Gasteiger charge is -2.26. The molecule has 120 valence electrons. The first-order valence-corrected chi connectivity index (χ1v) is 7.54. The predicted octanol–water partition coefficient (Wildman–Crippen LogP) is 4.30. The van der Waals surface area contributed by atoms with E-state index in [1.165, 1.54) is 0 Å². The molecule has 2 nitrogen and oxygen atoms in total. The quantitative estimate of drug-likeness (QED) is 0.555. The van der Waals surface area contributed by atoms with E-state index in [-0.39, 0.29) is 6.04 Å². The van der Waals surface area contributed by atoms with Gasteiger partial charge in [-0.2, -0.15) is 13.2 Å². The summed E-state index contributed by atoms with van der Waals surface area (Å²) < 4.78 is 37.6. The van der Waals surface area contributed by atoms with Gasteiger partial charge in [0.25, 0.3) is 0 Å². The molecule has 3 N–H and O–H groups in total. The maximum atomic E-state index is 12.5. The normalized spacial score (nSPS) is 13.7. The summed E-state index contributed by atoms with van der Waals surface area (Å²) in [5.74, 6) is 6.10. The van der Waals surface area contributed by atoms with Crippen LogP contribution in [0.1, 0.15) is 50.7 Å². The third-order valence-corrected chi connectivity index (χ3v) is 3.84. The molecule has 0 amide bonds. The van der Waals surface area contributed by atoms with E-state index in [2.05, 4.69) is 19.3 Å². The minimum absolute atomic E-state index is 0.0987. The van der Waals surface area contributed by atoms with Gasteiger partial charge < -0.3 is 0 Å². The summed E-state index contributed by atoms with van der Waals surface area (Å²) in [4.78, 5) is 0. The highest BCUT2D eigenvalue weighted by Crippen LogP contribution is 2.29. The first-order valence-electron chi connectivity index (χ1n) is 7.54. The van der Waals surface area contributed by atoms with Gasteiger partial charge in [-0.25, -0.2) is 0 Å². The van der Waals surface area contributed by atoms with Crippen LogP contribution in [0.3, 0.4) is 0 Å². The van der Waals surface area contributed by atoms with Crippen LogP contribution in [0.25, 0.3) is 0 Å². The standard InChI is InChI=1S/C16H25F3N2/c1-3-5-13(6-4-2)15(21-20)11-12-7-9-14(10-8-12)16(17,18)19/h7-10,13,15,21H,3-6,11,20H2,1-2H3. The van der Waals surface area contributed by atoms with Crippen molar-refractivity contribution >= 4 is 0 Å². The smallest absolute Gasteiger partial charge is 0.271 e. The topological polar surface area (TPSA) is 38.0 Å². The summed E-state index contributed by atoms with van der Waals surface area (Å²) in [6, 6.07) is 5.46. The zero-order valence-electron chi connectivity index (χ0n) is 12.7. The minimum atomic E-state index is -4.28. The van der Waals surface area contributed by atoms with Gasteiger partial charge in [0.2, 0.25) is 0 Å². The molecule has 1 unspecified atom stereocenters. The van der Waals surface area contributed by atoms with Gasteiger partial charge in [-0.15, -0.1) is 0 Å². The van der Waals surface area contributed by atoms with Crippen LogP contribution in [0.4, 0.5) is 13.2 Å². The maximum absolute atomic E-state index is 12.5. The highest BCUT2D eigenvalue weighted by Gasteiger charge is 2.30. The van der Waals surface area contributed by atoms with Gasteiger partial charge in [-0.3, -0.25) is 11.3 Å². The Bertz CT molecular complexity index is 395. The van der Waals surface area contributed by atoms with Crippen molar-refractivity contribution < 1.29 is 13.2 Å². The molecule has 5 heteroatoms. The number of benzene rings is 1. The zero-order chi connectivity index (χ0) is 15.9. The van der Waals surface area contributed by atoms with Gasteiger partial charge in [0, 0.05) is 6.04 Å². The molecule has 0 aliphatic carbocycles. The average molecular weight is 302 g/mol. The van der Waals surface area contributed by atoms with E-state index in [1.54, 1.807) is 12.1 Å². The Morgan fingerprint density at radius 2 is 1.57 bits per heavy atom. The summed E-state index contributed by atoms with van der Waals surface area (Å²) in [5, 5.41) is 0. The third kappa shape index (κ3) is 5.67. The second kappa shape index (κ2) is 8.39. The predicted molar refractivity (Wildman–Crippen MR) is 79.6 cm³/mol. The van der Waals surface area contributed by atoms with Gasteiger partial charge in [0.05, 0.1) is 5.56 Å². The van der Waals surface area contributed by atoms with Crippen molar-refractivity contribution in [2.24, 2.45) is 11.8 Å². The first-order chi connectivity index (χ1) is 9.92. The summed E-state index contributed by atoms with van der Waals surface area (Å²) >= 11 is 0. The first kappa shape index (κ1) is 18.0. The minimum Gasteiger partial charge on any atom is -0.271 e. The highest BCUT2D eigenvalue weighted by molar-refractivity contribution is 5.25. The van der Waals surface area contributed by atoms with Crippen molar-refractivity contribution in [3.63, 3.8) is 0 Å². The van der Waals surface area contributed by atoms with Crippen LogP contribution >= 0.6 is 0 Å². The summed E-state index contributed by atoms with van der Waals surface area (Å²) in [6.45, 7) is 4.27. The van der Waals surface area contributed by atoms with Crippen LogP contribution < -0.4 is 11.3 Å². The number of nitrogens with one attached hydrogen (secondary N) is 1. The number of rotatable bonds is 8. The molecule has 0 aliphatic heterocycles. The van der Waals surface area contributed by atoms with E-state index in [0.29, 0.717) is 12.3 Å². The molecule has 21 heavy (non-hydrogen) atoms. The van der Waals surface area contributed by atoms with E-state index < -0.39 is 11.7 Å². The molecule has 0 heterocycles. The van der Waals surface area contributed by atoms with E-state index in [0.717, 1.165) is 43.4 Å². The molecule has 0 fully saturated rings. The number of hydrazine groups is 1. The van der Waals surface area contributed by atoms with Gasteiger partial charge in [0.15, 0.2) is 0 Å². The van der Waals surface area contributed by atoms with Gasteiger partial charge in [0.1, 0.15) is 0 Å². The number of halogens is 3. The van der Waals surface area contributed by atoms with E-state index >= 15 is 0 Å². The molecule has 0 spiro atoms. The monoisotopic (exact) mass is 302 g/mol. The third-order valence-electron chi connectivity index (χ3n) is 3.84. The molecule has 0 saturated carbocycles. The lowest BCUT2D eigenvalue weighted by molar-refractivity contribution is -0.137. The van der Waals surface area contributed by atoms with E-state index in [9.17, 15) is 13.2 Å². The zero-order valence-corrected chi connectivity index (χ0v) is 12.7. The van der Waals surface area contributed by atoms with E-state index in [4.69, 9.17) is 5.84 Å². The van der Waals surface area contributed by atoms with Crippen molar-refractivity contribution in [2.75, 3.05) is 0 Å². The second-order valence-corrected chi connectivity index (χ2v) is 5.51. The SMILES string of the molecule is CCCC(CCC)C(Cc1ccc(C(F)(F)F)cc1)NN. The Morgan fingerprint density at radius 1 is 1.05 bits per heavy atom. The maximum Gasteiger partial charge on any atom is 0.416 e. The molecular weight excluding hydrogens is 277 g/mol. The fourth-order valence-corrected chi connectivity index (χ4v) is 2.73. The van der Waals surface area contributed by atoms with Crippen molar-refractivity contribution in [2.45, 2.75) is 58.2 Å². The van der Waals surface area contributed by atoms with Crippen LogP contribution in [-0.4, -0.2) is 6.04 Å². The number of hydrogen-bond donors (Lipinski definition) is 2. The van der Waals surface area contributed by atoms with Crippen molar-refractivity contribution in [1.82, 2.24) is 5.43 Å². The van der Waals surface area contributed by atoms with Crippen LogP contribution in [0.2, 0.25) is 0 Å². The van der Waals surface area contributed by atoms with Crippen LogP contribution in [-0.2, 0) is 12.6 Å². The fourth-order valence-electron chi connectivity index (χ4n) is 2.73. The number of hydrogen-bond acceptors (Lipinski definition) is 2. The summed E-state index contributed by atoms with van der Waals surface area (Å²) in [7, 11) is 0. The van der Waals surface area contributed by atoms with Gasteiger partial charge >= 0.3 is 6.18 Å². The molecular formula is C16H25F3N2. The summed E-state index contributed by atoms with van der Waals surface area (Å²) in [5.41, 5.74) is 3.11. The Morgan fingerprint density at radius 3 is 1.95 bits per heavy atom. The lowest BCUT2D eigenvalue weighted by atomic mass is 9.87. The molecule has 1 aromatic carbocycles. The second-order valence-electron chi connectivity index (χ2n) is 5.51. The number of alkyl halides is 3. The lowest BCUT2D eigenvalue weighted by Crippen LogP contribution is -2.42. The van der Waals surface area contributed by atoms with Crippen molar-refractivity contribution in [3.05, 3.63) is 35.4 Å². The molecule has 0 bridgehead atoms. The highest BCUT2D eigenvalue weighted by atomic mass is 19.4. The Kier molecular flexibility index (Phi) is 7.18. The molecule has 0 aliphatic rings. The van der Waals surface area contributed by atoms with Crippen LogP contribution in [0.15, 0.2) is 24.3 Å². The molecule has 1 atom stereocenters. The Hall–Kier alpha value is -1.07. The van der Waals surface area contributed by atoms with Crippen LogP contribution in [0, 0.1) is 5.92 Å². The molecule has 0 radical (unpaired) electrons. The molecule has 0 aromatic heterocycles. The average Bonchev–Trinajstić information content (AvgIpc) is 2.44. The fraction of sp³-hybridized carbons (Fsp3) is 0.625. The molecule has 1 aromatic rings. The van der Waals surface area contributed by atoms with Gasteiger partial charge in [-0.05, 0) is 42.9 Å². The van der Waals surface area contributed by atoms with Crippen LogP contribution in [0.5, 0.6) is 0 Å². The largest absolute Gasteiger partial charge is 0.416 e. The molecule has 0 saturated heterocycles. The Balaban J connectivity index is 2.76. The van der Waals surface area contributed by atoms with Gasteiger partial charge in [-0.1, -0.05) is 38.8 Å². The number of nitrogens with two attached hydrogens (primary N) is 1. The summed E-state index contributed by atoms with van der Waals surface area (Å²) in [6.07, 6.45) is 0.675. The van der Waals surface area contributed by atoms with E-state index in [1.807, 2.05) is 0 Å². The Labute approximate surface area is 124 Å².